The average molecular weight is 208 g/mol. The highest BCUT2D eigenvalue weighted by atomic mass is 32.2. The minimum atomic E-state index is 0.166. The molecule has 3 N–H and O–H groups in total. The standard InChI is InChI=1S/C11H16N2S/c1-3-10(13-12)8-14-11-7-5-4-6-9(11)2/h3-7,10,13H,1,8,12H2,2H3. The molecule has 0 aliphatic heterocycles. The Kier molecular flexibility index (Phi) is 4.73. The second-order valence-corrected chi connectivity index (χ2v) is 4.15. The molecule has 0 saturated carbocycles. The molecule has 1 aromatic carbocycles. The molecule has 1 atom stereocenters. The van der Waals surface area contributed by atoms with Crippen molar-refractivity contribution in [1.29, 1.82) is 0 Å². The van der Waals surface area contributed by atoms with Crippen LogP contribution in [0.15, 0.2) is 41.8 Å². The lowest BCUT2D eigenvalue weighted by Crippen LogP contribution is -2.35. The van der Waals surface area contributed by atoms with Gasteiger partial charge in [0.05, 0.1) is 0 Å². The van der Waals surface area contributed by atoms with Gasteiger partial charge in [0.1, 0.15) is 0 Å². The summed E-state index contributed by atoms with van der Waals surface area (Å²) in [6.07, 6.45) is 1.82. The van der Waals surface area contributed by atoms with Gasteiger partial charge in [0.2, 0.25) is 0 Å². The minimum absolute atomic E-state index is 0.166. The second kappa shape index (κ2) is 5.86. The predicted octanol–water partition coefficient (Wildman–Crippen LogP) is 2.11. The first kappa shape index (κ1) is 11.3. The van der Waals surface area contributed by atoms with Crippen LogP contribution in [0.3, 0.4) is 0 Å². The number of hydrazine groups is 1. The van der Waals surface area contributed by atoms with Crippen LogP contribution in [-0.4, -0.2) is 11.8 Å². The Morgan fingerprint density at radius 2 is 2.29 bits per heavy atom. The lowest BCUT2D eigenvalue weighted by Gasteiger charge is -2.11. The molecule has 1 unspecified atom stereocenters. The molecule has 76 valence electrons. The fourth-order valence-electron chi connectivity index (χ4n) is 1.08. The lowest BCUT2D eigenvalue weighted by atomic mass is 10.2. The average Bonchev–Trinajstić information content (AvgIpc) is 2.22. The summed E-state index contributed by atoms with van der Waals surface area (Å²) in [7, 11) is 0. The van der Waals surface area contributed by atoms with E-state index in [4.69, 9.17) is 5.84 Å². The van der Waals surface area contributed by atoms with Gasteiger partial charge in [-0.25, -0.2) is 0 Å². The third-order valence-corrected chi connectivity index (χ3v) is 3.31. The Morgan fingerprint density at radius 1 is 1.57 bits per heavy atom. The molecule has 0 bridgehead atoms. The van der Waals surface area contributed by atoms with Crippen LogP contribution < -0.4 is 11.3 Å². The van der Waals surface area contributed by atoms with Crippen LogP contribution >= 0.6 is 11.8 Å². The Morgan fingerprint density at radius 3 is 2.86 bits per heavy atom. The van der Waals surface area contributed by atoms with E-state index in [1.807, 2.05) is 18.2 Å². The summed E-state index contributed by atoms with van der Waals surface area (Å²) in [5, 5.41) is 0. The highest BCUT2D eigenvalue weighted by molar-refractivity contribution is 7.99. The Labute approximate surface area is 89.5 Å². The molecule has 0 fully saturated rings. The number of thioether (sulfide) groups is 1. The summed E-state index contributed by atoms with van der Waals surface area (Å²) in [5.41, 5.74) is 4.01. The first-order valence-electron chi connectivity index (χ1n) is 4.55. The van der Waals surface area contributed by atoms with E-state index in [2.05, 4.69) is 31.1 Å². The molecule has 0 spiro atoms. The van der Waals surface area contributed by atoms with E-state index in [9.17, 15) is 0 Å². The maximum atomic E-state index is 5.35. The van der Waals surface area contributed by atoms with Gasteiger partial charge in [0, 0.05) is 16.7 Å². The summed E-state index contributed by atoms with van der Waals surface area (Å²) in [4.78, 5) is 1.30. The van der Waals surface area contributed by atoms with Crippen molar-refractivity contribution in [3.8, 4) is 0 Å². The number of hydrogen-bond donors (Lipinski definition) is 2. The number of hydrogen-bond acceptors (Lipinski definition) is 3. The van der Waals surface area contributed by atoms with Crippen LogP contribution in [0.4, 0.5) is 0 Å². The smallest absolute Gasteiger partial charge is 0.0481 e. The van der Waals surface area contributed by atoms with E-state index in [1.165, 1.54) is 10.5 Å². The van der Waals surface area contributed by atoms with E-state index in [0.717, 1.165) is 5.75 Å². The van der Waals surface area contributed by atoms with Crippen molar-refractivity contribution in [2.45, 2.75) is 17.9 Å². The first-order chi connectivity index (χ1) is 6.77. The van der Waals surface area contributed by atoms with E-state index in [1.54, 1.807) is 11.8 Å². The zero-order valence-electron chi connectivity index (χ0n) is 8.36. The second-order valence-electron chi connectivity index (χ2n) is 3.09. The van der Waals surface area contributed by atoms with Crippen LogP contribution in [0.25, 0.3) is 0 Å². The molecule has 0 amide bonds. The van der Waals surface area contributed by atoms with E-state index in [-0.39, 0.29) is 6.04 Å². The topological polar surface area (TPSA) is 38.0 Å². The van der Waals surface area contributed by atoms with Gasteiger partial charge in [-0.05, 0) is 18.6 Å². The van der Waals surface area contributed by atoms with Gasteiger partial charge in [-0.3, -0.25) is 11.3 Å². The Balaban J connectivity index is 2.53. The van der Waals surface area contributed by atoms with Crippen molar-refractivity contribution in [2.24, 2.45) is 5.84 Å². The van der Waals surface area contributed by atoms with E-state index >= 15 is 0 Å². The zero-order chi connectivity index (χ0) is 10.4. The molecule has 0 heterocycles. The highest BCUT2D eigenvalue weighted by Gasteiger charge is 2.03. The van der Waals surface area contributed by atoms with Gasteiger partial charge in [0.25, 0.3) is 0 Å². The fraction of sp³-hybridized carbons (Fsp3) is 0.273. The van der Waals surface area contributed by atoms with Crippen LogP contribution in [-0.2, 0) is 0 Å². The Hall–Kier alpha value is -0.770. The minimum Gasteiger partial charge on any atom is -0.271 e. The van der Waals surface area contributed by atoms with Crippen LogP contribution in [0, 0.1) is 6.92 Å². The zero-order valence-corrected chi connectivity index (χ0v) is 9.18. The third kappa shape index (κ3) is 3.18. The van der Waals surface area contributed by atoms with E-state index < -0.39 is 0 Å². The van der Waals surface area contributed by atoms with Gasteiger partial charge in [-0.1, -0.05) is 24.3 Å². The number of benzene rings is 1. The van der Waals surface area contributed by atoms with Crippen LogP contribution in [0.1, 0.15) is 5.56 Å². The summed E-state index contributed by atoms with van der Waals surface area (Å²) in [6, 6.07) is 8.50. The summed E-state index contributed by atoms with van der Waals surface area (Å²) >= 11 is 1.79. The predicted molar refractivity (Wildman–Crippen MR) is 63.2 cm³/mol. The molecule has 0 radical (unpaired) electrons. The maximum absolute atomic E-state index is 5.35. The molecule has 2 nitrogen and oxygen atoms in total. The van der Waals surface area contributed by atoms with Crippen molar-refractivity contribution in [1.82, 2.24) is 5.43 Å². The van der Waals surface area contributed by atoms with E-state index in [0.29, 0.717) is 0 Å². The third-order valence-electron chi connectivity index (χ3n) is 2.01. The monoisotopic (exact) mass is 208 g/mol. The quantitative estimate of drug-likeness (QED) is 0.337. The SMILES string of the molecule is C=CC(CSc1ccccc1C)NN. The molecule has 0 aliphatic carbocycles. The Bertz CT molecular complexity index is 299. The summed E-state index contributed by atoms with van der Waals surface area (Å²) in [5.74, 6) is 6.26. The molecule has 14 heavy (non-hydrogen) atoms. The van der Waals surface area contributed by atoms with Gasteiger partial charge >= 0.3 is 0 Å². The lowest BCUT2D eigenvalue weighted by molar-refractivity contribution is 0.678. The molecule has 0 aliphatic rings. The van der Waals surface area contributed by atoms with Gasteiger partial charge in [0.15, 0.2) is 0 Å². The number of rotatable bonds is 5. The van der Waals surface area contributed by atoms with Crippen molar-refractivity contribution in [3.05, 3.63) is 42.5 Å². The molecule has 1 rings (SSSR count). The fourth-order valence-corrected chi connectivity index (χ4v) is 2.14. The number of nitrogens with two attached hydrogens (primary N) is 1. The van der Waals surface area contributed by atoms with Gasteiger partial charge < -0.3 is 0 Å². The molecule has 3 heteroatoms. The normalized spacial score (nSPS) is 12.4. The van der Waals surface area contributed by atoms with Crippen LogP contribution in [0.5, 0.6) is 0 Å². The molecule has 1 aromatic rings. The molecule has 0 saturated heterocycles. The van der Waals surface area contributed by atoms with Crippen molar-refractivity contribution in [2.75, 3.05) is 5.75 Å². The van der Waals surface area contributed by atoms with Gasteiger partial charge in [-0.15, -0.1) is 18.3 Å². The summed E-state index contributed by atoms with van der Waals surface area (Å²) in [6.45, 7) is 5.82. The molecular formula is C11H16N2S. The van der Waals surface area contributed by atoms with Crippen LogP contribution in [0.2, 0.25) is 0 Å². The first-order valence-corrected chi connectivity index (χ1v) is 5.53. The largest absolute Gasteiger partial charge is 0.271 e. The maximum Gasteiger partial charge on any atom is 0.0481 e. The molecular weight excluding hydrogens is 192 g/mol. The highest BCUT2D eigenvalue weighted by Crippen LogP contribution is 2.22. The van der Waals surface area contributed by atoms with Crippen molar-refractivity contribution in [3.63, 3.8) is 0 Å². The van der Waals surface area contributed by atoms with Gasteiger partial charge in [-0.2, -0.15) is 0 Å². The van der Waals surface area contributed by atoms with Crippen molar-refractivity contribution >= 4 is 11.8 Å². The number of aryl methyl sites for hydroxylation is 1. The van der Waals surface area contributed by atoms with Crippen molar-refractivity contribution < 1.29 is 0 Å². The molecule has 0 aromatic heterocycles. The number of nitrogens with one attached hydrogen (secondary N) is 1. The summed E-state index contributed by atoms with van der Waals surface area (Å²) < 4.78 is 0.